The second-order valence-corrected chi connectivity index (χ2v) is 6.17. The fraction of sp³-hybridized carbons (Fsp3) is 0.429. The third kappa shape index (κ3) is 6.54. The van der Waals surface area contributed by atoms with Crippen LogP contribution in [0.2, 0.25) is 5.02 Å². The van der Waals surface area contributed by atoms with Crippen molar-refractivity contribution in [1.82, 2.24) is 0 Å². The summed E-state index contributed by atoms with van der Waals surface area (Å²) in [6.45, 7) is 4.09. The standard InChI is InChI=1S/C14H18ClNO3S2/c1-9(2)19-13(17)11-8-10(4-5-12(11)15)16-14(20)18-6-7-21-3/h4-5,8-9H,6-7H2,1-3H3,(H,16,20). The highest BCUT2D eigenvalue weighted by atomic mass is 35.5. The van der Waals surface area contributed by atoms with Crippen molar-refractivity contribution in [3.05, 3.63) is 28.8 Å². The number of anilines is 1. The zero-order chi connectivity index (χ0) is 15.8. The van der Waals surface area contributed by atoms with E-state index in [1.807, 2.05) is 6.26 Å². The first-order chi connectivity index (χ1) is 9.93. The van der Waals surface area contributed by atoms with E-state index in [1.165, 1.54) is 0 Å². The van der Waals surface area contributed by atoms with Gasteiger partial charge in [0.2, 0.25) is 0 Å². The quantitative estimate of drug-likeness (QED) is 0.477. The summed E-state index contributed by atoms with van der Waals surface area (Å²) in [7, 11) is 0. The summed E-state index contributed by atoms with van der Waals surface area (Å²) in [5, 5.41) is 3.50. The minimum Gasteiger partial charge on any atom is -0.470 e. The van der Waals surface area contributed by atoms with E-state index < -0.39 is 5.97 Å². The maximum atomic E-state index is 11.9. The molecule has 21 heavy (non-hydrogen) atoms. The highest BCUT2D eigenvalue weighted by Gasteiger charge is 2.14. The maximum absolute atomic E-state index is 11.9. The number of thiocarbonyl (C=S) groups is 1. The number of hydrogen-bond acceptors (Lipinski definition) is 5. The minimum absolute atomic E-state index is 0.207. The van der Waals surface area contributed by atoms with Gasteiger partial charge in [-0.15, -0.1) is 0 Å². The van der Waals surface area contributed by atoms with Gasteiger partial charge in [-0.3, -0.25) is 0 Å². The first-order valence-electron chi connectivity index (χ1n) is 6.37. The Bertz CT molecular complexity index is 509. The average molecular weight is 348 g/mol. The maximum Gasteiger partial charge on any atom is 0.339 e. The van der Waals surface area contributed by atoms with E-state index in [0.29, 0.717) is 22.9 Å². The zero-order valence-corrected chi connectivity index (χ0v) is 14.5. The molecule has 1 rings (SSSR count). The van der Waals surface area contributed by atoms with Crippen LogP contribution in [0.4, 0.5) is 5.69 Å². The molecule has 0 unspecified atom stereocenters. The van der Waals surface area contributed by atoms with Crippen LogP contribution in [0, 0.1) is 0 Å². The first-order valence-corrected chi connectivity index (χ1v) is 8.55. The molecule has 0 aromatic heterocycles. The lowest BCUT2D eigenvalue weighted by Crippen LogP contribution is -2.16. The molecule has 0 saturated heterocycles. The van der Waals surface area contributed by atoms with E-state index in [1.54, 1.807) is 43.8 Å². The first kappa shape index (κ1) is 18.1. The molecule has 7 heteroatoms. The summed E-state index contributed by atoms with van der Waals surface area (Å²) in [5.74, 6) is 0.391. The highest BCUT2D eigenvalue weighted by molar-refractivity contribution is 7.98. The molecule has 1 aromatic carbocycles. The summed E-state index contributed by atoms with van der Waals surface area (Å²) in [5.41, 5.74) is 0.923. The van der Waals surface area contributed by atoms with Gasteiger partial charge in [0, 0.05) is 11.4 Å². The van der Waals surface area contributed by atoms with Crippen molar-refractivity contribution in [2.24, 2.45) is 0 Å². The normalized spacial score (nSPS) is 10.3. The molecule has 0 heterocycles. The second kappa shape index (κ2) is 9.12. The summed E-state index contributed by atoms with van der Waals surface area (Å²) in [6.07, 6.45) is 1.78. The Morgan fingerprint density at radius 1 is 1.48 bits per heavy atom. The van der Waals surface area contributed by atoms with Gasteiger partial charge in [0.25, 0.3) is 5.17 Å². The second-order valence-electron chi connectivity index (χ2n) is 4.40. The van der Waals surface area contributed by atoms with Crippen LogP contribution in [0.3, 0.4) is 0 Å². The molecule has 0 fully saturated rings. The number of nitrogens with one attached hydrogen (secondary N) is 1. The molecular weight excluding hydrogens is 330 g/mol. The van der Waals surface area contributed by atoms with E-state index in [2.05, 4.69) is 5.32 Å². The van der Waals surface area contributed by atoms with Crippen LogP contribution in [0.15, 0.2) is 18.2 Å². The fourth-order valence-electron chi connectivity index (χ4n) is 1.41. The molecule has 1 aromatic rings. The predicted octanol–water partition coefficient (Wildman–Crippen LogP) is 3.98. The molecule has 0 aliphatic heterocycles. The monoisotopic (exact) mass is 347 g/mol. The Labute approximate surface area is 139 Å². The summed E-state index contributed by atoms with van der Waals surface area (Å²) >= 11 is 12.8. The van der Waals surface area contributed by atoms with Crippen LogP contribution in [0.25, 0.3) is 0 Å². The molecule has 4 nitrogen and oxygen atoms in total. The lowest BCUT2D eigenvalue weighted by Gasteiger charge is -2.12. The van der Waals surface area contributed by atoms with Crippen LogP contribution in [-0.4, -0.2) is 35.9 Å². The van der Waals surface area contributed by atoms with Gasteiger partial charge in [-0.25, -0.2) is 4.79 Å². The van der Waals surface area contributed by atoms with Crippen molar-refractivity contribution >= 4 is 52.4 Å². The molecule has 0 radical (unpaired) electrons. The lowest BCUT2D eigenvalue weighted by molar-refractivity contribution is 0.0378. The zero-order valence-electron chi connectivity index (χ0n) is 12.1. The van der Waals surface area contributed by atoms with E-state index in [-0.39, 0.29) is 11.3 Å². The van der Waals surface area contributed by atoms with Gasteiger partial charge < -0.3 is 14.8 Å². The van der Waals surface area contributed by atoms with E-state index in [9.17, 15) is 4.79 Å². The third-order valence-corrected chi connectivity index (χ3v) is 3.42. The van der Waals surface area contributed by atoms with Gasteiger partial charge in [-0.1, -0.05) is 11.6 Å². The van der Waals surface area contributed by atoms with Crippen molar-refractivity contribution in [3.63, 3.8) is 0 Å². The molecule has 0 atom stereocenters. The Hall–Kier alpha value is -0.980. The van der Waals surface area contributed by atoms with Gasteiger partial charge in [-0.05, 0) is 50.5 Å². The van der Waals surface area contributed by atoms with Crippen molar-refractivity contribution in [2.45, 2.75) is 20.0 Å². The lowest BCUT2D eigenvalue weighted by atomic mass is 10.2. The third-order valence-electron chi connectivity index (χ3n) is 2.30. The van der Waals surface area contributed by atoms with Gasteiger partial charge >= 0.3 is 5.97 Å². The Morgan fingerprint density at radius 3 is 2.81 bits per heavy atom. The molecular formula is C14H18ClNO3S2. The summed E-state index contributed by atoms with van der Waals surface area (Å²) < 4.78 is 10.5. The molecule has 0 aliphatic rings. The number of benzene rings is 1. The number of thioether (sulfide) groups is 1. The minimum atomic E-state index is -0.465. The SMILES string of the molecule is CSCCOC(=S)Nc1ccc(Cl)c(C(=O)OC(C)C)c1. The van der Waals surface area contributed by atoms with Crippen molar-refractivity contribution in [2.75, 3.05) is 23.9 Å². The van der Waals surface area contributed by atoms with Crippen LogP contribution < -0.4 is 5.32 Å². The van der Waals surface area contributed by atoms with Gasteiger partial charge in [0.05, 0.1) is 23.3 Å². The fourth-order valence-corrected chi connectivity index (χ4v) is 2.05. The largest absolute Gasteiger partial charge is 0.470 e. The number of hydrogen-bond donors (Lipinski definition) is 1. The average Bonchev–Trinajstić information content (AvgIpc) is 2.40. The Balaban J connectivity index is 2.72. The van der Waals surface area contributed by atoms with Crippen LogP contribution in [-0.2, 0) is 9.47 Å². The molecule has 0 saturated carbocycles. The summed E-state index contributed by atoms with van der Waals surface area (Å²) in [6, 6.07) is 4.93. The van der Waals surface area contributed by atoms with E-state index in [0.717, 1.165) is 5.75 Å². The number of halogens is 1. The molecule has 0 aliphatic carbocycles. The predicted molar refractivity (Wildman–Crippen MR) is 92.6 cm³/mol. The van der Waals surface area contributed by atoms with E-state index >= 15 is 0 Å². The molecule has 1 N–H and O–H groups in total. The Morgan fingerprint density at radius 2 is 2.19 bits per heavy atom. The highest BCUT2D eigenvalue weighted by Crippen LogP contribution is 2.22. The van der Waals surface area contributed by atoms with Gasteiger partial charge in [-0.2, -0.15) is 11.8 Å². The number of esters is 1. The Kier molecular flexibility index (Phi) is 7.85. The number of carbonyl (C=O) groups is 1. The van der Waals surface area contributed by atoms with Gasteiger partial charge in [0.1, 0.15) is 0 Å². The van der Waals surface area contributed by atoms with Crippen LogP contribution in [0.1, 0.15) is 24.2 Å². The number of carbonyl (C=O) groups excluding carboxylic acids is 1. The van der Waals surface area contributed by atoms with Crippen LogP contribution >= 0.6 is 35.6 Å². The van der Waals surface area contributed by atoms with Gasteiger partial charge in [0.15, 0.2) is 0 Å². The van der Waals surface area contributed by atoms with Crippen molar-refractivity contribution < 1.29 is 14.3 Å². The summed E-state index contributed by atoms with van der Waals surface area (Å²) in [4.78, 5) is 11.9. The number of ether oxygens (including phenoxy) is 2. The molecule has 0 bridgehead atoms. The number of rotatable bonds is 6. The smallest absolute Gasteiger partial charge is 0.339 e. The molecule has 0 spiro atoms. The van der Waals surface area contributed by atoms with Crippen molar-refractivity contribution in [1.29, 1.82) is 0 Å². The molecule has 0 amide bonds. The topological polar surface area (TPSA) is 47.6 Å². The van der Waals surface area contributed by atoms with Crippen LogP contribution in [0.5, 0.6) is 0 Å². The molecule has 116 valence electrons. The van der Waals surface area contributed by atoms with Crippen molar-refractivity contribution in [3.8, 4) is 0 Å². The van der Waals surface area contributed by atoms with E-state index in [4.69, 9.17) is 33.3 Å².